The zero-order chi connectivity index (χ0) is 46.3. The first-order valence-corrected chi connectivity index (χ1v) is 20.7. The zero-order valence-corrected chi connectivity index (χ0v) is 50.3. The van der Waals surface area contributed by atoms with Crippen LogP contribution in [0.5, 0.6) is 0 Å². The van der Waals surface area contributed by atoms with Crippen LogP contribution in [-0.4, -0.2) is 40.3 Å². The van der Waals surface area contributed by atoms with Gasteiger partial charge in [-0.1, -0.05) is 144 Å². The SMILES string of the molecule is Cc1cc(-c2ccccn2)[n-]n1.FC(F)(F)c1cc(-c2ccccn2)[n-]n1.[Zn].[Zn].[Zn].[Zn].c1ccc(-c2cc(-c3ccccn3)[n-]n2)cc1.c1ccc(-c2n[n-]c(-c3ccccn3)c2-c2ccccc2)cc1. The van der Waals surface area contributed by atoms with Crippen molar-refractivity contribution in [2.45, 2.75) is 13.1 Å². The fourth-order valence-corrected chi connectivity index (χ4v) is 6.46. The number of halogens is 3. The molecule has 0 aliphatic carbocycles. The fraction of sp³-hybridized carbons (Fsp3) is 0.0385. The summed E-state index contributed by atoms with van der Waals surface area (Å²) in [6.45, 7) is 1.92. The van der Waals surface area contributed by atoms with E-state index in [9.17, 15) is 13.2 Å². The van der Waals surface area contributed by atoms with Crippen LogP contribution in [0.25, 0.3) is 79.2 Å². The Morgan fingerprint density at radius 2 is 0.775 bits per heavy atom. The summed E-state index contributed by atoms with van der Waals surface area (Å²) in [6.07, 6.45) is 2.31. The number of nitrogens with zero attached hydrogens (tertiary/aromatic N) is 12. The second kappa shape index (κ2) is 28.3. The second-order valence-corrected chi connectivity index (χ2v) is 14.3. The van der Waals surface area contributed by atoms with Gasteiger partial charge in [0.25, 0.3) is 0 Å². The number of hydrogen-bond donors (Lipinski definition) is 0. The Hall–Kier alpha value is -6.62. The summed E-state index contributed by atoms with van der Waals surface area (Å²) in [4.78, 5) is 16.7. The third-order valence-electron chi connectivity index (χ3n) is 9.62. The normalized spacial score (nSPS) is 10.1. The Balaban J connectivity index is 0.000000207. The van der Waals surface area contributed by atoms with Crippen LogP contribution in [0.1, 0.15) is 11.4 Å². The van der Waals surface area contributed by atoms with E-state index in [-0.39, 0.29) is 83.6 Å². The van der Waals surface area contributed by atoms with Gasteiger partial charge in [0.2, 0.25) is 0 Å². The fourth-order valence-electron chi connectivity index (χ4n) is 6.46. The van der Waals surface area contributed by atoms with Gasteiger partial charge in [0, 0.05) is 137 Å². The standard InChI is InChI=1S/C20H14N3.C14H10N3.C9H5F3N3.C9H8N3.4Zn/c1-3-9-15(10-4-1)18-19(16-11-5-2-6-12-16)22-23-20(18)17-13-7-8-14-21-17;1-2-6-11(7-3-1)13-10-14(17-16-13)12-8-4-5-9-15-12;10-9(11,12)8-5-7(14-15-8)6-3-1-2-4-13-6;1-7-6-9(12-11-7)8-4-2-3-5-10-8;;;;/h1-14H;1-10H;1-5H;2-6H,1H3;;;;/q4*-1;;;;. The van der Waals surface area contributed by atoms with Gasteiger partial charge in [-0.15, -0.1) is 0 Å². The number of benzene rings is 3. The van der Waals surface area contributed by atoms with E-state index in [1.807, 2.05) is 140 Å². The summed E-state index contributed by atoms with van der Waals surface area (Å²) >= 11 is 0. The van der Waals surface area contributed by atoms with E-state index in [1.54, 1.807) is 36.8 Å². The van der Waals surface area contributed by atoms with Crippen LogP contribution in [-0.2, 0) is 84.1 Å². The molecule has 0 saturated heterocycles. The number of rotatable bonds is 7. The molecule has 71 heavy (non-hydrogen) atoms. The average molecular weight is 1150 g/mol. The molecule has 0 atom stereocenters. The zero-order valence-electron chi connectivity index (χ0n) is 38.5. The van der Waals surface area contributed by atoms with Gasteiger partial charge < -0.3 is 40.8 Å². The van der Waals surface area contributed by atoms with Gasteiger partial charge in [0.05, 0.1) is 5.69 Å². The number of hydrogen-bond acceptors (Lipinski definition) is 8. The summed E-state index contributed by atoms with van der Waals surface area (Å²) in [7, 11) is 0. The molecular weight excluding hydrogens is 1110 g/mol. The molecule has 0 aliphatic heterocycles. The first kappa shape index (κ1) is 57.0. The van der Waals surface area contributed by atoms with E-state index in [0.717, 1.165) is 79.6 Å². The topological polar surface area (TPSA) is 160 Å². The molecule has 0 unspecified atom stereocenters. The largest absolute Gasteiger partial charge is 0.574 e. The maximum atomic E-state index is 12.2. The molecule has 11 rings (SSSR count). The Kier molecular flexibility index (Phi) is 22.7. The van der Waals surface area contributed by atoms with Gasteiger partial charge in [0.15, 0.2) is 0 Å². The third kappa shape index (κ3) is 15.7. The molecule has 0 amide bonds. The minimum atomic E-state index is -4.46. The molecule has 0 saturated carbocycles. The van der Waals surface area contributed by atoms with Gasteiger partial charge in [-0.25, -0.2) is 0 Å². The molecule has 0 bridgehead atoms. The molecule has 0 spiro atoms. The molecule has 338 valence electrons. The van der Waals surface area contributed by atoms with Crippen molar-refractivity contribution in [3.63, 3.8) is 0 Å². The molecule has 8 heterocycles. The number of alkyl halides is 3. The Labute approximate surface area is 458 Å². The Morgan fingerprint density at radius 3 is 1.21 bits per heavy atom. The van der Waals surface area contributed by atoms with Crippen molar-refractivity contribution < 1.29 is 91.1 Å². The Morgan fingerprint density at radius 1 is 0.366 bits per heavy atom. The maximum Gasteiger partial charge on any atom is 0.431 e. The Bertz CT molecular complexity index is 3070. The second-order valence-electron chi connectivity index (χ2n) is 14.3. The smallest absolute Gasteiger partial charge is 0.431 e. The molecule has 12 nitrogen and oxygen atoms in total. The first-order chi connectivity index (χ1) is 32.8. The molecule has 3 aromatic carbocycles. The van der Waals surface area contributed by atoms with Crippen LogP contribution < -0.4 is 20.4 Å². The molecular formula is C52H37F3N12Zn4-4. The third-order valence-corrected chi connectivity index (χ3v) is 9.62. The van der Waals surface area contributed by atoms with Crippen molar-refractivity contribution in [3.8, 4) is 79.2 Å². The van der Waals surface area contributed by atoms with Crippen molar-refractivity contribution in [1.29, 1.82) is 0 Å². The monoisotopic (exact) mass is 1140 g/mol. The van der Waals surface area contributed by atoms with Crippen LogP contribution in [0.3, 0.4) is 0 Å². The summed E-state index contributed by atoms with van der Waals surface area (Å²) in [5, 5.41) is 31.5. The molecule has 11 aromatic rings. The van der Waals surface area contributed by atoms with E-state index >= 15 is 0 Å². The van der Waals surface area contributed by atoms with Gasteiger partial charge in [-0.3, -0.25) is 19.9 Å². The van der Waals surface area contributed by atoms with Crippen LogP contribution in [0.4, 0.5) is 13.2 Å². The number of pyridine rings is 4. The average Bonchev–Trinajstić information content (AvgIpc) is 4.25. The summed E-state index contributed by atoms with van der Waals surface area (Å²) in [5.74, 6) is 0. The van der Waals surface area contributed by atoms with E-state index < -0.39 is 11.9 Å². The minimum Gasteiger partial charge on any atom is -0.574 e. The summed E-state index contributed by atoms with van der Waals surface area (Å²) in [5.41, 5.74) is 11.5. The van der Waals surface area contributed by atoms with E-state index in [0.29, 0.717) is 5.69 Å². The summed E-state index contributed by atoms with van der Waals surface area (Å²) in [6, 6.07) is 57.4. The molecule has 0 fully saturated rings. The van der Waals surface area contributed by atoms with Crippen LogP contribution in [0.2, 0.25) is 0 Å². The van der Waals surface area contributed by atoms with Crippen molar-refractivity contribution in [1.82, 2.24) is 60.7 Å². The quantitative estimate of drug-likeness (QED) is 0.139. The molecule has 0 radical (unpaired) electrons. The van der Waals surface area contributed by atoms with Gasteiger partial charge in [0.1, 0.15) is 5.69 Å². The van der Waals surface area contributed by atoms with Gasteiger partial charge in [-0.05, 0) is 89.8 Å². The van der Waals surface area contributed by atoms with Crippen molar-refractivity contribution >= 4 is 0 Å². The van der Waals surface area contributed by atoms with E-state index in [1.165, 1.54) is 6.20 Å². The van der Waals surface area contributed by atoms with Gasteiger partial charge in [-0.2, -0.15) is 13.2 Å². The van der Waals surface area contributed by atoms with Crippen molar-refractivity contribution in [2.75, 3.05) is 0 Å². The van der Waals surface area contributed by atoms with E-state index in [4.69, 9.17) is 0 Å². The summed E-state index contributed by atoms with van der Waals surface area (Å²) < 4.78 is 36.6. The molecule has 0 aliphatic rings. The van der Waals surface area contributed by atoms with Crippen molar-refractivity contribution in [2.24, 2.45) is 0 Å². The number of aryl methyl sites for hydroxylation is 1. The molecule has 0 N–H and O–H groups in total. The predicted octanol–water partition coefficient (Wildman–Crippen LogP) is 10.7. The van der Waals surface area contributed by atoms with Crippen LogP contribution in [0.15, 0.2) is 207 Å². The number of aromatic nitrogens is 12. The minimum absolute atomic E-state index is 0. The van der Waals surface area contributed by atoms with Crippen LogP contribution in [0, 0.1) is 6.92 Å². The van der Waals surface area contributed by atoms with Crippen LogP contribution >= 0.6 is 0 Å². The van der Waals surface area contributed by atoms with E-state index in [2.05, 4.69) is 85.0 Å². The maximum absolute atomic E-state index is 12.2. The molecule has 19 heteroatoms. The predicted molar refractivity (Wildman–Crippen MR) is 249 cm³/mol. The first-order valence-electron chi connectivity index (χ1n) is 20.7. The van der Waals surface area contributed by atoms with Crippen molar-refractivity contribution in [3.05, 3.63) is 218 Å². The van der Waals surface area contributed by atoms with Gasteiger partial charge >= 0.3 is 6.18 Å². The molecule has 8 aromatic heterocycles.